The molecule has 0 aliphatic carbocycles. The molecule has 0 bridgehead atoms. The van der Waals surface area contributed by atoms with Crippen molar-refractivity contribution in [1.29, 1.82) is 0 Å². The number of aromatic nitrogens is 4. The van der Waals surface area contributed by atoms with Crippen LogP contribution in [0.1, 0.15) is 39.3 Å². The Labute approximate surface area is 245 Å². The highest BCUT2D eigenvalue weighted by Gasteiger charge is 2.22. The Hall–Kier alpha value is -5.86. The number of amides is 2. The van der Waals surface area contributed by atoms with Crippen LogP contribution in [0.4, 0.5) is 23.1 Å². The number of carbonyl (C=O) groups excluding carboxylic acids is 2. The summed E-state index contributed by atoms with van der Waals surface area (Å²) in [6, 6.07) is 11.6. The zero-order valence-corrected chi connectivity index (χ0v) is 23.3. The largest absolute Gasteiger partial charge is 0.481 e. The lowest BCUT2D eigenvalue weighted by molar-refractivity contribution is -0.140. The summed E-state index contributed by atoms with van der Waals surface area (Å²) in [5.41, 5.74) is 14.7. The molecular weight excluding hydrogens is 558 g/mol. The van der Waals surface area contributed by atoms with Gasteiger partial charge in [-0.15, -0.1) is 0 Å². The van der Waals surface area contributed by atoms with Crippen LogP contribution in [0.25, 0.3) is 11.2 Å². The SMILES string of the molecule is CN(Cc1cnc2nc(N)nc(N)c2n1)c1ccc(C(=O)N(C)c2ccc(C(=O)N[C@@H](CCC(=O)O)C(=O)O)cc2)cc1. The highest BCUT2D eigenvalue weighted by molar-refractivity contribution is 6.06. The van der Waals surface area contributed by atoms with Gasteiger partial charge in [0.25, 0.3) is 11.8 Å². The lowest BCUT2D eigenvalue weighted by atomic mass is 10.1. The lowest BCUT2D eigenvalue weighted by Gasteiger charge is -2.21. The molecule has 0 unspecified atom stereocenters. The Morgan fingerprint density at radius 1 is 0.884 bits per heavy atom. The zero-order chi connectivity index (χ0) is 31.3. The molecule has 222 valence electrons. The van der Waals surface area contributed by atoms with Gasteiger partial charge in [-0.05, 0) is 55.0 Å². The third kappa shape index (κ3) is 7.27. The number of nitrogens with two attached hydrogens (primary N) is 2. The number of nitrogens with one attached hydrogen (secondary N) is 1. The minimum absolute atomic E-state index is 0.0197. The van der Waals surface area contributed by atoms with E-state index in [9.17, 15) is 24.3 Å². The van der Waals surface area contributed by atoms with E-state index < -0.39 is 30.3 Å². The number of nitrogens with zero attached hydrogens (tertiary/aromatic N) is 6. The van der Waals surface area contributed by atoms with Crippen LogP contribution in [-0.4, -0.2) is 74.0 Å². The highest BCUT2D eigenvalue weighted by Crippen LogP contribution is 2.21. The average Bonchev–Trinajstić information content (AvgIpc) is 2.98. The predicted octanol–water partition coefficient (Wildman–Crippen LogP) is 1.55. The summed E-state index contributed by atoms with van der Waals surface area (Å²) in [6.07, 6.45) is 0.926. The monoisotopic (exact) mass is 587 g/mol. The van der Waals surface area contributed by atoms with Gasteiger partial charge in [-0.25, -0.2) is 14.8 Å². The number of anilines is 4. The molecular formula is C28H29N9O6. The molecule has 43 heavy (non-hydrogen) atoms. The Balaban J connectivity index is 1.38. The summed E-state index contributed by atoms with van der Waals surface area (Å²) >= 11 is 0. The number of hydrogen-bond donors (Lipinski definition) is 5. The highest BCUT2D eigenvalue weighted by atomic mass is 16.4. The summed E-state index contributed by atoms with van der Waals surface area (Å²) < 4.78 is 0. The number of carbonyl (C=O) groups is 4. The first-order chi connectivity index (χ1) is 20.4. The van der Waals surface area contributed by atoms with E-state index in [-0.39, 0.29) is 29.7 Å². The van der Waals surface area contributed by atoms with Crippen LogP contribution >= 0.6 is 0 Å². The van der Waals surface area contributed by atoms with Crippen molar-refractivity contribution in [1.82, 2.24) is 25.3 Å². The smallest absolute Gasteiger partial charge is 0.326 e. The Bertz CT molecular complexity index is 1680. The predicted molar refractivity (Wildman–Crippen MR) is 157 cm³/mol. The number of benzene rings is 2. The van der Waals surface area contributed by atoms with E-state index in [1.165, 1.54) is 17.0 Å². The minimum atomic E-state index is -1.34. The maximum absolute atomic E-state index is 13.1. The van der Waals surface area contributed by atoms with Crippen LogP contribution in [0.15, 0.2) is 54.7 Å². The third-order valence-electron chi connectivity index (χ3n) is 6.53. The van der Waals surface area contributed by atoms with E-state index in [1.807, 2.05) is 11.9 Å². The van der Waals surface area contributed by atoms with Gasteiger partial charge >= 0.3 is 11.9 Å². The molecule has 0 radical (unpaired) electrons. The first-order valence-corrected chi connectivity index (χ1v) is 12.9. The normalized spacial score (nSPS) is 11.5. The Kier molecular flexibility index (Phi) is 8.93. The van der Waals surface area contributed by atoms with Crippen molar-refractivity contribution in [2.24, 2.45) is 0 Å². The fourth-order valence-corrected chi connectivity index (χ4v) is 4.17. The molecule has 2 aromatic carbocycles. The first kappa shape index (κ1) is 30.1. The molecule has 2 aromatic heterocycles. The maximum Gasteiger partial charge on any atom is 0.326 e. The van der Waals surface area contributed by atoms with Crippen LogP contribution < -0.4 is 26.6 Å². The van der Waals surface area contributed by atoms with Gasteiger partial charge in [0.15, 0.2) is 17.0 Å². The number of carboxylic acid groups (broad SMARTS) is 2. The number of fused-ring (bicyclic) bond motifs is 1. The molecule has 0 aliphatic rings. The standard InChI is InChI=1S/C28H29N9O6/c1-36(14-17-13-31-24-22(32-17)23(29)34-28(30)35-24)18-7-5-16(6-8-18)26(41)37(2)19-9-3-15(4-10-19)25(40)33-20(27(42)43)11-12-21(38)39/h3-10,13,20H,11-12,14H2,1-2H3,(H,33,40)(H,38,39)(H,42,43)(H4,29,30,31,34,35)/t20-/m0/s1. The van der Waals surface area contributed by atoms with E-state index in [0.717, 1.165) is 5.69 Å². The summed E-state index contributed by atoms with van der Waals surface area (Å²) in [4.78, 5) is 67.8. The van der Waals surface area contributed by atoms with Crippen molar-refractivity contribution < 1.29 is 29.4 Å². The molecule has 2 amide bonds. The molecule has 2 heterocycles. The fourth-order valence-electron chi connectivity index (χ4n) is 4.17. The number of hydrogen-bond acceptors (Lipinski definition) is 11. The van der Waals surface area contributed by atoms with E-state index >= 15 is 0 Å². The lowest BCUT2D eigenvalue weighted by Crippen LogP contribution is -2.41. The van der Waals surface area contributed by atoms with Crippen LogP contribution in [0.2, 0.25) is 0 Å². The number of aliphatic carboxylic acids is 2. The Morgan fingerprint density at radius 3 is 2.14 bits per heavy atom. The molecule has 1 atom stereocenters. The van der Waals surface area contributed by atoms with Crippen molar-refractivity contribution in [3.63, 3.8) is 0 Å². The van der Waals surface area contributed by atoms with Crippen molar-refractivity contribution >= 4 is 58.1 Å². The fraction of sp³-hybridized carbons (Fsp3) is 0.214. The maximum atomic E-state index is 13.1. The van der Waals surface area contributed by atoms with Crippen LogP contribution in [0.3, 0.4) is 0 Å². The summed E-state index contributed by atoms with van der Waals surface area (Å²) in [5.74, 6) is -3.29. The van der Waals surface area contributed by atoms with Gasteiger partial charge in [0.1, 0.15) is 6.04 Å². The average molecular weight is 588 g/mol. The van der Waals surface area contributed by atoms with Crippen LogP contribution in [0, 0.1) is 0 Å². The van der Waals surface area contributed by atoms with Gasteiger partial charge < -0.3 is 36.8 Å². The third-order valence-corrected chi connectivity index (χ3v) is 6.53. The molecule has 0 fully saturated rings. The second-order valence-corrected chi connectivity index (χ2v) is 9.61. The Morgan fingerprint density at radius 2 is 1.51 bits per heavy atom. The van der Waals surface area contributed by atoms with E-state index in [2.05, 4.69) is 25.3 Å². The molecule has 0 spiro atoms. The molecule has 0 saturated heterocycles. The van der Waals surface area contributed by atoms with Gasteiger partial charge in [-0.3, -0.25) is 14.4 Å². The van der Waals surface area contributed by atoms with E-state index in [0.29, 0.717) is 34.7 Å². The van der Waals surface area contributed by atoms with Crippen molar-refractivity contribution in [3.8, 4) is 0 Å². The molecule has 15 heteroatoms. The number of carboxylic acids is 2. The summed E-state index contributed by atoms with van der Waals surface area (Å²) in [7, 11) is 3.45. The van der Waals surface area contributed by atoms with Gasteiger partial charge in [0.2, 0.25) is 5.95 Å². The molecule has 4 aromatic rings. The van der Waals surface area contributed by atoms with Crippen molar-refractivity contribution in [2.75, 3.05) is 35.4 Å². The molecule has 15 nitrogen and oxygen atoms in total. The van der Waals surface area contributed by atoms with Crippen molar-refractivity contribution in [3.05, 3.63) is 71.5 Å². The minimum Gasteiger partial charge on any atom is -0.481 e. The van der Waals surface area contributed by atoms with Gasteiger partial charge in [-0.1, -0.05) is 0 Å². The molecule has 0 saturated carbocycles. The van der Waals surface area contributed by atoms with Gasteiger partial charge in [0, 0.05) is 43.0 Å². The molecule has 7 N–H and O–H groups in total. The molecule has 4 rings (SSSR count). The summed E-state index contributed by atoms with van der Waals surface area (Å²) in [6.45, 7) is 0.395. The van der Waals surface area contributed by atoms with Crippen LogP contribution in [0.5, 0.6) is 0 Å². The second kappa shape index (κ2) is 12.8. The topological polar surface area (TPSA) is 231 Å². The number of rotatable bonds is 11. The van der Waals surface area contributed by atoms with Crippen molar-refractivity contribution in [2.45, 2.75) is 25.4 Å². The van der Waals surface area contributed by atoms with E-state index in [4.69, 9.17) is 16.6 Å². The molecule has 0 aliphatic heterocycles. The quantitative estimate of drug-likeness (QED) is 0.168. The van der Waals surface area contributed by atoms with E-state index in [1.54, 1.807) is 49.6 Å². The first-order valence-electron chi connectivity index (χ1n) is 12.9. The number of nitrogen functional groups attached to an aromatic ring is 2. The second-order valence-electron chi connectivity index (χ2n) is 9.61. The van der Waals surface area contributed by atoms with Crippen LogP contribution in [-0.2, 0) is 16.1 Å². The van der Waals surface area contributed by atoms with Gasteiger partial charge in [0.05, 0.1) is 18.4 Å². The summed E-state index contributed by atoms with van der Waals surface area (Å²) in [5, 5.41) is 20.4. The zero-order valence-electron chi connectivity index (χ0n) is 23.3. The van der Waals surface area contributed by atoms with Gasteiger partial charge in [-0.2, -0.15) is 9.97 Å².